The number of hydrazone groups is 1. The van der Waals surface area contributed by atoms with Crippen molar-refractivity contribution in [1.29, 1.82) is 0 Å². The second-order valence-electron chi connectivity index (χ2n) is 8.99. The van der Waals surface area contributed by atoms with Crippen molar-refractivity contribution in [2.45, 2.75) is 18.9 Å². The molecular weight excluding hydrogens is 440 g/mol. The predicted octanol–water partition coefficient (Wildman–Crippen LogP) is 4.44. The molecule has 6 rings (SSSR count). The molecule has 1 atom stereocenters. The molecule has 0 radical (unpaired) electrons. The van der Waals surface area contributed by atoms with Gasteiger partial charge < -0.3 is 14.6 Å². The molecule has 0 spiro atoms. The zero-order chi connectivity index (χ0) is 24.0. The van der Waals surface area contributed by atoms with Crippen LogP contribution in [0.2, 0.25) is 0 Å². The Morgan fingerprint density at radius 1 is 0.971 bits per heavy atom. The molecule has 1 fully saturated rings. The summed E-state index contributed by atoms with van der Waals surface area (Å²) in [6, 6.07) is 25.0. The summed E-state index contributed by atoms with van der Waals surface area (Å²) < 4.78 is 5.90. The second-order valence-corrected chi connectivity index (χ2v) is 8.99. The molecular formula is C28H24N4O3. The number of hydrogen-bond donors (Lipinski definition) is 1. The molecule has 7 nitrogen and oxygen atoms in total. The van der Waals surface area contributed by atoms with Gasteiger partial charge in [0.05, 0.1) is 11.9 Å². The molecule has 3 heterocycles. The van der Waals surface area contributed by atoms with Crippen LogP contribution in [0, 0.1) is 0 Å². The Labute approximate surface area is 202 Å². The number of amides is 2. The number of para-hydroxylation sites is 2. The number of benzene rings is 3. The molecule has 0 unspecified atom stereocenters. The zero-order valence-electron chi connectivity index (χ0n) is 19.3. The lowest BCUT2D eigenvalue weighted by molar-refractivity contribution is -0.165. The second kappa shape index (κ2) is 8.13. The van der Waals surface area contributed by atoms with Gasteiger partial charge in [0.1, 0.15) is 18.0 Å². The topological polar surface area (TPSA) is 78.0 Å². The van der Waals surface area contributed by atoms with Crippen molar-refractivity contribution in [3.05, 3.63) is 95.7 Å². The summed E-state index contributed by atoms with van der Waals surface area (Å²) in [6.07, 6.45) is 2.31. The van der Waals surface area contributed by atoms with Crippen LogP contribution in [0.3, 0.4) is 0 Å². The van der Waals surface area contributed by atoms with Crippen molar-refractivity contribution in [2.24, 2.45) is 5.10 Å². The molecule has 0 bridgehead atoms. The molecule has 1 saturated heterocycles. The normalized spacial score (nSPS) is 19.8. The van der Waals surface area contributed by atoms with E-state index in [4.69, 9.17) is 4.74 Å². The molecule has 1 aromatic heterocycles. The van der Waals surface area contributed by atoms with Crippen LogP contribution in [0.1, 0.15) is 23.7 Å². The Hall–Kier alpha value is -4.39. The molecule has 2 aliphatic heterocycles. The van der Waals surface area contributed by atoms with E-state index in [1.165, 1.54) is 5.01 Å². The number of fused-ring (bicyclic) bond motifs is 5. The lowest BCUT2D eigenvalue weighted by Gasteiger charge is -2.48. The minimum Gasteiger partial charge on any atom is -0.457 e. The first-order chi connectivity index (χ1) is 17.0. The summed E-state index contributed by atoms with van der Waals surface area (Å²) >= 11 is 0. The van der Waals surface area contributed by atoms with E-state index in [1.807, 2.05) is 79.7 Å². The number of nitrogens with zero attached hydrogens (tertiary/aromatic N) is 3. The van der Waals surface area contributed by atoms with Gasteiger partial charge in [-0.3, -0.25) is 9.59 Å². The van der Waals surface area contributed by atoms with Crippen molar-refractivity contribution < 1.29 is 14.3 Å². The maximum atomic E-state index is 13.8. The Morgan fingerprint density at radius 2 is 1.74 bits per heavy atom. The van der Waals surface area contributed by atoms with Crippen molar-refractivity contribution >= 4 is 28.9 Å². The first-order valence-corrected chi connectivity index (χ1v) is 11.6. The first kappa shape index (κ1) is 21.2. The Morgan fingerprint density at radius 3 is 2.60 bits per heavy atom. The van der Waals surface area contributed by atoms with Crippen LogP contribution in [0.5, 0.6) is 11.5 Å². The lowest BCUT2D eigenvalue weighted by atomic mass is 9.83. The highest BCUT2D eigenvalue weighted by Gasteiger charge is 2.54. The monoisotopic (exact) mass is 464 g/mol. The number of hydrogen-bond acceptors (Lipinski definition) is 4. The van der Waals surface area contributed by atoms with Crippen LogP contribution in [-0.2, 0) is 21.5 Å². The zero-order valence-corrected chi connectivity index (χ0v) is 19.3. The SMILES string of the molecule is C[C@@]12C(=O)N(/N=C\c3cccc(Oc4ccccc4)c3)CC(=O)N1CCc1c2[nH]c2ccccc12. The summed E-state index contributed by atoms with van der Waals surface area (Å²) in [5.41, 5.74) is 2.48. The van der Waals surface area contributed by atoms with Gasteiger partial charge in [-0.25, -0.2) is 5.01 Å². The maximum Gasteiger partial charge on any atom is 0.275 e. The van der Waals surface area contributed by atoms with Gasteiger partial charge in [0.25, 0.3) is 5.91 Å². The highest BCUT2D eigenvalue weighted by atomic mass is 16.5. The van der Waals surface area contributed by atoms with E-state index in [0.29, 0.717) is 18.7 Å². The molecule has 2 aliphatic rings. The van der Waals surface area contributed by atoms with Crippen molar-refractivity contribution in [2.75, 3.05) is 13.1 Å². The van der Waals surface area contributed by atoms with Crippen LogP contribution in [-0.4, -0.2) is 46.0 Å². The van der Waals surface area contributed by atoms with Gasteiger partial charge in [-0.1, -0.05) is 48.5 Å². The van der Waals surface area contributed by atoms with Crippen LogP contribution in [0.15, 0.2) is 84.0 Å². The highest BCUT2D eigenvalue weighted by Crippen LogP contribution is 2.41. The van der Waals surface area contributed by atoms with Gasteiger partial charge in [0.15, 0.2) is 5.54 Å². The van der Waals surface area contributed by atoms with Crippen LogP contribution < -0.4 is 4.74 Å². The fourth-order valence-electron chi connectivity index (χ4n) is 5.10. The van der Waals surface area contributed by atoms with Crippen molar-refractivity contribution in [1.82, 2.24) is 14.9 Å². The van der Waals surface area contributed by atoms with Crippen LogP contribution in [0.25, 0.3) is 10.9 Å². The van der Waals surface area contributed by atoms with Gasteiger partial charge >= 0.3 is 0 Å². The van der Waals surface area contributed by atoms with E-state index >= 15 is 0 Å². The number of aromatic amines is 1. The quantitative estimate of drug-likeness (QED) is 0.454. The molecule has 35 heavy (non-hydrogen) atoms. The number of piperazine rings is 1. The number of nitrogens with one attached hydrogen (secondary N) is 1. The highest BCUT2D eigenvalue weighted by molar-refractivity contribution is 6.01. The standard InChI is InChI=1S/C28H24N4O3/c1-28-26-23(22-12-5-6-13-24(22)30-26)14-15-31(28)25(33)18-32(27(28)34)29-17-19-8-7-11-21(16-19)35-20-9-3-2-4-10-20/h2-13,16-17,30H,14-15,18H2,1H3/b29-17-/t28-/m1/s1. The third-order valence-electron chi connectivity index (χ3n) is 6.85. The van der Waals surface area contributed by atoms with Gasteiger partial charge in [0.2, 0.25) is 5.91 Å². The van der Waals surface area contributed by atoms with E-state index in [9.17, 15) is 9.59 Å². The minimum atomic E-state index is -1.13. The van der Waals surface area contributed by atoms with Crippen LogP contribution >= 0.6 is 0 Å². The summed E-state index contributed by atoms with van der Waals surface area (Å²) in [4.78, 5) is 32.0. The number of aromatic nitrogens is 1. The molecule has 4 aromatic rings. The number of ether oxygens (including phenoxy) is 1. The third-order valence-corrected chi connectivity index (χ3v) is 6.85. The number of carbonyl (C=O) groups is 2. The first-order valence-electron chi connectivity index (χ1n) is 11.6. The fraction of sp³-hybridized carbons (Fsp3) is 0.179. The number of rotatable bonds is 4. The molecule has 7 heteroatoms. The van der Waals surface area contributed by atoms with Crippen LogP contribution in [0.4, 0.5) is 0 Å². The van der Waals surface area contributed by atoms with Gasteiger partial charge in [0, 0.05) is 17.4 Å². The van der Waals surface area contributed by atoms with E-state index in [2.05, 4.69) is 16.2 Å². The number of carbonyl (C=O) groups excluding carboxylic acids is 2. The maximum absolute atomic E-state index is 13.8. The number of H-pyrrole nitrogens is 1. The fourth-order valence-corrected chi connectivity index (χ4v) is 5.10. The van der Waals surface area contributed by atoms with Crippen molar-refractivity contribution in [3.8, 4) is 11.5 Å². The summed E-state index contributed by atoms with van der Waals surface area (Å²) in [5, 5.41) is 6.82. The minimum absolute atomic E-state index is 0.0826. The van der Waals surface area contributed by atoms with Gasteiger partial charge in [-0.15, -0.1) is 0 Å². The predicted molar refractivity (Wildman–Crippen MR) is 133 cm³/mol. The van der Waals surface area contributed by atoms with E-state index < -0.39 is 5.54 Å². The molecule has 2 amide bonds. The molecule has 0 aliphatic carbocycles. The summed E-state index contributed by atoms with van der Waals surface area (Å²) in [7, 11) is 0. The third kappa shape index (κ3) is 3.47. The molecule has 174 valence electrons. The molecule has 1 N–H and O–H groups in total. The van der Waals surface area contributed by atoms with Crippen molar-refractivity contribution in [3.63, 3.8) is 0 Å². The molecule has 0 saturated carbocycles. The van der Waals surface area contributed by atoms with E-state index in [-0.39, 0.29) is 18.4 Å². The summed E-state index contributed by atoms with van der Waals surface area (Å²) in [6.45, 7) is 2.24. The van der Waals surface area contributed by atoms with E-state index in [1.54, 1.807) is 11.1 Å². The molecule has 3 aromatic carbocycles. The summed E-state index contributed by atoms with van der Waals surface area (Å²) in [5.74, 6) is 1.06. The Bertz CT molecular complexity index is 1480. The van der Waals surface area contributed by atoms with Gasteiger partial charge in [-0.05, 0) is 54.8 Å². The van der Waals surface area contributed by atoms with E-state index in [0.717, 1.165) is 33.5 Å². The smallest absolute Gasteiger partial charge is 0.275 e. The average Bonchev–Trinajstić information content (AvgIpc) is 3.26. The largest absolute Gasteiger partial charge is 0.457 e. The average molecular weight is 465 g/mol. The lowest BCUT2D eigenvalue weighted by Crippen LogP contribution is -2.65. The Kier molecular flexibility index (Phi) is 4.91. The van der Waals surface area contributed by atoms with Gasteiger partial charge in [-0.2, -0.15) is 5.10 Å². The Balaban J connectivity index is 1.30.